The fraction of sp³-hybridized carbons (Fsp3) is 1.00. The van der Waals surface area contributed by atoms with E-state index in [0.717, 1.165) is 37.5 Å². The van der Waals surface area contributed by atoms with E-state index in [4.69, 9.17) is 11.5 Å². The van der Waals surface area contributed by atoms with E-state index in [9.17, 15) is 10.2 Å². The number of rotatable bonds is 4. The summed E-state index contributed by atoms with van der Waals surface area (Å²) in [6, 6.07) is -0.156. The summed E-state index contributed by atoms with van der Waals surface area (Å²) in [4.78, 5) is 0. The highest BCUT2D eigenvalue weighted by Gasteiger charge is 2.49. The van der Waals surface area contributed by atoms with Crippen LogP contribution in [-0.4, -0.2) is 34.5 Å². The summed E-state index contributed by atoms with van der Waals surface area (Å²) in [5, 5.41) is 20.4. The number of hydrogen-bond acceptors (Lipinski definition) is 4. The molecule has 0 aliphatic heterocycles. The van der Waals surface area contributed by atoms with Crippen LogP contribution < -0.4 is 11.5 Å². The Kier molecular flexibility index (Phi) is 7.34. The first-order valence-corrected chi connectivity index (χ1v) is 12.8. The standard InChI is InChI=1S/C26H50N2O2/c1-15-19(11-13-21(29)23(15)27)25(3,4)17-7-9-18(10-8-17)26(5,6)20-12-14-22(30)24(28)16(20)2/h15-24,29-30H,7-14,27-28H2,1-6H3. The maximum absolute atomic E-state index is 10.2. The van der Waals surface area contributed by atoms with Gasteiger partial charge in [0.2, 0.25) is 0 Å². The minimum atomic E-state index is -0.328. The zero-order chi connectivity index (χ0) is 22.4. The monoisotopic (exact) mass is 422 g/mol. The van der Waals surface area contributed by atoms with Crippen molar-refractivity contribution in [2.75, 3.05) is 0 Å². The zero-order valence-corrected chi connectivity index (χ0v) is 20.5. The average molecular weight is 423 g/mol. The van der Waals surface area contributed by atoms with Crippen LogP contribution in [0.3, 0.4) is 0 Å². The first-order valence-electron chi connectivity index (χ1n) is 12.8. The molecule has 4 nitrogen and oxygen atoms in total. The van der Waals surface area contributed by atoms with Gasteiger partial charge in [-0.15, -0.1) is 0 Å². The molecular formula is C26H50N2O2. The Morgan fingerprint density at radius 3 is 1.17 bits per heavy atom. The van der Waals surface area contributed by atoms with Crippen molar-refractivity contribution >= 4 is 0 Å². The predicted octanol–water partition coefficient (Wildman–Crippen LogP) is 4.31. The van der Waals surface area contributed by atoms with Crippen molar-refractivity contribution < 1.29 is 10.2 Å². The molecule has 0 spiro atoms. The summed E-state index contributed by atoms with van der Waals surface area (Å²) < 4.78 is 0. The molecule has 4 heteroatoms. The Bertz CT molecular complexity index is 519. The molecule has 0 bridgehead atoms. The largest absolute Gasteiger partial charge is 0.392 e. The number of nitrogens with two attached hydrogens (primary N) is 2. The Hall–Kier alpha value is -0.160. The van der Waals surface area contributed by atoms with Gasteiger partial charge in [0.1, 0.15) is 0 Å². The van der Waals surface area contributed by atoms with Crippen LogP contribution in [0.15, 0.2) is 0 Å². The Labute approximate surface area is 185 Å². The van der Waals surface area contributed by atoms with Crippen molar-refractivity contribution in [2.45, 2.75) is 117 Å². The first-order chi connectivity index (χ1) is 13.9. The third kappa shape index (κ3) is 4.36. The van der Waals surface area contributed by atoms with Crippen LogP contribution in [0, 0.1) is 46.3 Å². The van der Waals surface area contributed by atoms with Gasteiger partial charge < -0.3 is 21.7 Å². The Morgan fingerprint density at radius 1 is 0.567 bits per heavy atom. The lowest BCUT2D eigenvalue weighted by atomic mass is 9.52. The quantitative estimate of drug-likeness (QED) is 0.543. The minimum Gasteiger partial charge on any atom is -0.392 e. The third-order valence-corrected chi connectivity index (χ3v) is 10.7. The maximum atomic E-state index is 10.2. The highest BCUT2D eigenvalue weighted by molar-refractivity contribution is 5.00. The summed E-state index contributed by atoms with van der Waals surface area (Å²) >= 11 is 0. The van der Waals surface area contributed by atoms with E-state index < -0.39 is 0 Å². The van der Waals surface area contributed by atoms with Gasteiger partial charge in [-0.2, -0.15) is 0 Å². The Morgan fingerprint density at radius 2 is 0.867 bits per heavy atom. The summed E-state index contributed by atoms with van der Waals surface area (Å²) in [6.45, 7) is 14.4. The number of aliphatic hydroxyl groups excluding tert-OH is 2. The normalized spacial score (nSPS) is 46.6. The van der Waals surface area contributed by atoms with Crippen LogP contribution in [0.5, 0.6) is 0 Å². The van der Waals surface area contributed by atoms with Gasteiger partial charge in [0, 0.05) is 12.1 Å². The molecule has 0 aromatic carbocycles. The molecule has 3 aliphatic rings. The molecule has 6 N–H and O–H groups in total. The summed E-state index contributed by atoms with van der Waals surface area (Å²) in [5.41, 5.74) is 13.3. The molecule has 0 aromatic rings. The molecule has 8 atom stereocenters. The van der Waals surface area contributed by atoms with Crippen LogP contribution in [0.4, 0.5) is 0 Å². The SMILES string of the molecule is CC1C(N)C(O)CCC1C(C)(C)C1CCC(C(C)(C)C2CCC(O)C(N)C2C)CC1. The molecule has 0 amide bonds. The molecule has 30 heavy (non-hydrogen) atoms. The van der Waals surface area contributed by atoms with Crippen LogP contribution in [0.1, 0.15) is 92.9 Å². The van der Waals surface area contributed by atoms with Gasteiger partial charge >= 0.3 is 0 Å². The second-order valence-corrected chi connectivity index (χ2v) is 12.6. The van der Waals surface area contributed by atoms with Crippen molar-refractivity contribution in [3.63, 3.8) is 0 Å². The first kappa shape index (κ1) is 24.5. The van der Waals surface area contributed by atoms with Gasteiger partial charge in [-0.25, -0.2) is 0 Å². The topological polar surface area (TPSA) is 92.5 Å². The van der Waals surface area contributed by atoms with E-state index in [2.05, 4.69) is 41.5 Å². The van der Waals surface area contributed by atoms with Gasteiger partial charge in [-0.1, -0.05) is 41.5 Å². The second kappa shape index (κ2) is 9.00. The zero-order valence-electron chi connectivity index (χ0n) is 20.5. The molecule has 3 fully saturated rings. The lowest BCUT2D eigenvalue weighted by molar-refractivity contribution is -0.0538. The Balaban J connectivity index is 1.63. The fourth-order valence-corrected chi connectivity index (χ4v) is 8.13. The molecule has 0 aromatic heterocycles. The lowest BCUT2D eigenvalue weighted by Gasteiger charge is -2.54. The third-order valence-electron chi connectivity index (χ3n) is 10.7. The molecule has 3 aliphatic carbocycles. The lowest BCUT2D eigenvalue weighted by Crippen LogP contribution is -2.53. The van der Waals surface area contributed by atoms with Crippen LogP contribution in [0.25, 0.3) is 0 Å². The van der Waals surface area contributed by atoms with Crippen molar-refractivity contribution in [2.24, 2.45) is 57.8 Å². The van der Waals surface area contributed by atoms with Crippen molar-refractivity contribution in [3.05, 3.63) is 0 Å². The van der Waals surface area contributed by atoms with Gasteiger partial charge in [0.05, 0.1) is 12.2 Å². The van der Waals surface area contributed by atoms with E-state index in [1.165, 1.54) is 25.7 Å². The van der Waals surface area contributed by atoms with Crippen LogP contribution in [-0.2, 0) is 0 Å². The van der Waals surface area contributed by atoms with E-state index in [1.807, 2.05) is 0 Å². The van der Waals surface area contributed by atoms with E-state index in [-0.39, 0.29) is 35.1 Å². The van der Waals surface area contributed by atoms with Crippen molar-refractivity contribution in [1.29, 1.82) is 0 Å². The predicted molar refractivity (Wildman–Crippen MR) is 125 cm³/mol. The minimum absolute atomic E-state index is 0.0781. The number of aliphatic hydroxyl groups is 2. The summed E-state index contributed by atoms with van der Waals surface area (Å²) in [7, 11) is 0. The van der Waals surface area contributed by atoms with Gasteiger partial charge in [-0.05, 0) is 97.7 Å². The van der Waals surface area contributed by atoms with E-state index in [1.54, 1.807) is 0 Å². The van der Waals surface area contributed by atoms with Crippen LogP contribution >= 0.6 is 0 Å². The smallest absolute Gasteiger partial charge is 0.0693 e. The van der Waals surface area contributed by atoms with Crippen molar-refractivity contribution in [3.8, 4) is 0 Å². The van der Waals surface area contributed by atoms with E-state index in [0.29, 0.717) is 23.7 Å². The highest BCUT2D eigenvalue weighted by Crippen LogP contribution is 2.55. The molecule has 8 unspecified atom stereocenters. The van der Waals surface area contributed by atoms with Gasteiger partial charge in [0.15, 0.2) is 0 Å². The maximum Gasteiger partial charge on any atom is 0.0693 e. The molecule has 3 rings (SSSR count). The van der Waals surface area contributed by atoms with Gasteiger partial charge in [-0.3, -0.25) is 0 Å². The van der Waals surface area contributed by atoms with Crippen LogP contribution in [0.2, 0.25) is 0 Å². The van der Waals surface area contributed by atoms with E-state index >= 15 is 0 Å². The molecule has 3 saturated carbocycles. The molecule has 176 valence electrons. The highest BCUT2D eigenvalue weighted by atomic mass is 16.3. The van der Waals surface area contributed by atoms with Gasteiger partial charge in [0.25, 0.3) is 0 Å². The molecular weight excluding hydrogens is 372 g/mol. The van der Waals surface area contributed by atoms with Crippen molar-refractivity contribution in [1.82, 2.24) is 0 Å². The molecule has 0 saturated heterocycles. The summed E-state index contributed by atoms with van der Waals surface area (Å²) in [5.74, 6) is 3.45. The molecule has 0 heterocycles. The summed E-state index contributed by atoms with van der Waals surface area (Å²) in [6.07, 6.45) is 8.48. The second-order valence-electron chi connectivity index (χ2n) is 12.6. The average Bonchev–Trinajstić information content (AvgIpc) is 2.70. The fourth-order valence-electron chi connectivity index (χ4n) is 8.13. The molecule has 0 radical (unpaired) electrons. The number of hydrogen-bond donors (Lipinski definition) is 4.